The Morgan fingerprint density at radius 1 is 1.11 bits per heavy atom. The lowest BCUT2D eigenvalue weighted by Crippen LogP contribution is -2.29. The summed E-state index contributed by atoms with van der Waals surface area (Å²) < 4.78 is 0.998. The van der Waals surface area contributed by atoms with Crippen molar-refractivity contribution in [2.75, 3.05) is 4.90 Å². The number of aryl methyl sites for hydroxylation is 1. The van der Waals surface area contributed by atoms with Crippen molar-refractivity contribution in [1.82, 2.24) is 4.98 Å². The third kappa shape index (κ3) is 3.64. The monoisotopic (exact) mass is 409 g/mol. The number of nitrogens with zero attached hydrogens (tertiary/aromatic N) is 3. The molecule has 2 heterocycles. The van der Waals surface area contributed by atoms with Gasteiger partial charge in [0.2, 0.25) is 0 Å². The first-order valence-corrected chi connectivity index (χ1v) is 10.1. The van der Waals surface area contributed by atoms with Gasteiger partial charge in [-0.2, -0.15) is 0 Å². The van der Waals surface area contributed by atoms with Crippen molar-refractivity contribution in [3.8, 4) is 0 Å². The molecule has 0 aliphatic rings. The number of aromatic nitrogens is 1. The minimum Gasteiger partial charge on any atom is -0.279 e. The summed E-state index contributed by atoms with van der Waals surface area (Å²) in [6, 6.07) is 18.4. The number of carbonyl (C=O) groups excluding carboxylic acids is 1. The van der Waals surface area contributed by atoms with Crippen molar-refractivity contribution in [2.24, 2.45) is 0 Å². The van der Waals surface area contributed by atoms with Gasteiger partial charge < -0.3 is 0 Å². The normalized spacial score (nSPS) is 10.9. The highest BCUT2D eigenvalue weighted by molar-refractivity contribution is 7.22. The Morgan fingerprint density at radius 2 is 1.89 bits per heavy atom. The van der Waals surface area contributed by atoms with E-state index in [1.165, 1.54) is 23.5 Å². The Kier molecular flexibility index (Phi) is 4.89. The predicted octanol–water partition coefficient (Wildman–Crippen LogP) is 5.42. The molecule has 0 saturated carbocycles. The van der Waals surface area contributed by atoms with Crippen LogP contribution in [0.2, 0.25) is 0 Å². The van der Waals surface area contributed by atoms with Gasteiger partial charge in [-0.05, 0) is 36.2 Å². The second-order valence-corrected chi connectivity index (χ2v) is 8.31. The van der Waals surface area contributed by atoms with Crippen molar-refractivity contribution >= 4 is 48.9 Å². The maximum Gasteiger partial charge on any atom is 0.324 e. The lowest BCUT2D eigenvalue weighted by Gasteiger charge is -2.19. The van der Waals surface area contributed by atoms with Crippen LogP contribution in [0.5, 0.6) is 0 Å². The van der Waals surface area contributed by atoms with E-state index in [1.807, 2.05) is 55.5 Å². The standard InChI is InChI=1S/C20H15N3O3S2/c1-13-7-8-15-17(11-13)28-20(21-15)22(12-14-5-3-2-4-6-14)19(24)16-9-10-18(27-16)23(25)26/h2-11H,12H2,1H3. The molecule has 6 nitrogen and oxygen atoms in total. The minimum absolute atomic E-state index is 0.0528. The first kappa shape index (κ1) is 18.3. The van der Waals surface area contributed by atoms with Gasteiger partial charge in [0.1, 0.15) is 0 Å². The Labute approximate surface area is 168 Å². The van der Waals surface area contributed by atoms with Gasteiger partial charge in [0.15, 0.2) is 5.13 Å². The number of anilines is 1. The summed E-state index contributed by atoms with van der Waals surface area (Å²) in [4.78, 5) is 30.3. The van der Waals surface area contributed by atoms with Gasteiger partial charge in [-0.15, -0.1) is 0 Å². The van der Waals surface area contributed by atoms with Crippen LogP contribution in [0.3, 0.4) is 0 Å². The molecule has 1 amide bonds. The van der Waals surface area contributed by atoms with Gasteiger partial charge in [-0.25, -0.2) is 4.98 Å². The molecule has 0 atom stereocenters. The van der Waals surface area contributed by atoms with E-state index in [2.05, 4.69) is 4.98 Å². The fourth-order valence-corrected chi connectivity index (χ4v) is 4.63. The number of thiazole rings is 1. The molecule has 0 bridgehead atoms. The number of fused-ring (bicyclic) bond motifs is 1. The quantitative estimate of drug-likeness (QED) is 0.326. The number of carbonyl (C=O) groups is 1. The second-order valence-electron chi connectivity index (χ2n) is 6.24. The average molecular weight is 409 g/mol. The number of benzene rings is 2. The Bertz CT molecular complexity index is 1170. The highest BCUT2D eigenvalue weighted by Crippen LogP contribution is 2.33. The Hall–Kier alpha value is -3.10. The van der Waals surface area contributed by atoms with Crippen molar-refractivity contribution in [3.63, 3.8) is 0 Å². The first-order valence-electron chi connectivity index (χ1n) is 8.48. The third-order valence-electron chi connectivity index (χ3n) is 4.17. The summed E-state index contributed by atoms with van der Waals surface area (Å²) in [5.41, 5.74) is 2.91. The van der Waals surface area contributed by atoms with Crippen molar-refractivity contribution < 1.29 is 9.72 Å². The second kappa shape index (κ2) is 7.49. The molecule has 0 saturated heterocycles. The molecular weight excluding hydrogens is 394 g/mol. The molecule has 140 valence electrons. The van der Waals surface area contributed by atoms with Gasteiger partial charge in [-0.1, -0.05) is 59.1 Å². The van der Waals surface area contributed by atoms with E-state index < -0.39 is 4.92 Å². The van der Waals surface area contributed by atoms with Gasteiger partial charge in [0.05, 0.1) is 26.6 Å². The van der Waals surface area contributed by atoms with E-state index >= 15 is 0 Å². The smallest absolute Gasteiger partial charge is 0.279 e. The topological polar surface area (TPSA) is 76.3 Å². The third-order valence-corrected chi connectivity index (χ3v) is 6.24. The van der Waals surface area contributed by atoms with E-state index in [-0.39, 0.29) is 10.9 Å². The molecule has 0 N–H and O–H groups in total. The molecule has 0 fully saturated rings. The van der Waals surface area contributed by atoms with Gasteiger partial charge in [0, 0.05) is 6.07 Å². The number of amides is 1. The lowest BCUT2D eigenvalue weighted by atomic mass is 10.2. The summed E-state index contributed by atoms with van der Waals surface area (Å²) in [6.45, 7) is 2.35. The molecule has 0 unspecified atom stereocenters. The molecule has 0 spiro atoms. The van der Waals surface area contributed by atoms with E-state index in [0.29, 0.717) is 16.6 Å². The predicted molar refractivity (Wildman–Crippen MR) is 112 cm³/mol. The van der Waals surface area contributed by atoms with Gasteiger partial charge in [-0.3, -0.25) is 19.8 Å². The molecule has 0 aliphatic carbocycles. The van der Waals surface area contributed by atoms with Crippen LogP contribution in [-0.4, -0.2) is 15.8 Å². The molecule has 28 heavy (non-hydrogen) atoms. The zero-order valence-corrected chi connectivity index (χ0v) is 16.5. The van der Waals surface area contributed by atoms with Crippen LogP contribution in [0.1, 0.15) is 20.8 Å². The fourth-order valence-electron chi connectivity index (χ4n) is 2.80. The van der Waals surface area contributed by atoms with Crippen molar-refractivity contribution in [2.45, 2.75) is 13.5 Å². The van der Waals surface area contributed by atoms with Crippen LogP contribution < -0.4 is 4.90 Å². The van der Waals surface area contributed by atoms with Crippen molar-refractivity contribution in [3.05, 3.63) is 86.8 Å². The van der Waals surface area contributed by atoms with Gasteiger partial charge >= 0.3 is 5.00 Å². The van der Waals surface area contributed by atoms with Crippen molar-refractivity contribution in [1.29, 1.82) is 0 Å². The summed E-state index contributed by atoms with van der Waals surface area (Å²) in [5.74, 6) is -0.294. The largest absolute Gasteiger partial charge is 0.324 e. The van der Waals surface area contributed by atoms with E-state index in [9.17, 15) is 14.9 Å². The first-order chi connectivity index (χ1) is 13.5. The number of hydrogen-bond donors (Lipinski definition) is 0. The van der Waals surface area contributed by atoms with E-state index in [0.717, 1.165) is 32.7 Å². The van der Waals surface area contributed by atoms with Crippen LogP contribution in [-0.2, 0) is 6.54 Å². The van der Waals surface area contributed by atoms with Crippen LogP contribution in [0.25, 0.3) is 10.2 Å². The Morgan fingerprint density at radius 3 is 2.61 bits per heavy atom. The van der Waals surface area contributed by atoms with Crippen LogP contribution in [0.15, 0.2) is 60.7 Å². The fraction of sp³-hybridized carbons (Fsp3) is 0.100. The molecule has 0 aliphatic heterocycles. The summed E-state index contributed by atoms with van der Waals surface area (Å²) in [7, 11) is 0. The summed E-state index contributed by atoms with van der Waals surface area (Å²) in [5, 5.41) is 11.5. The zero-order chi connectivity index (χ0) is 19.7. The minimum atomic E-state index is -0.483. The van der Waals surface area contributed by atoms with Crippen LogP contribution in [0, 0.1) is 17.0 Å². The highest BCUT2D eigenvalue weighted by atomic mass is 32.1. The summed E-state index contributed by atoms with van der Waals surface area (Å²) in [6.07, 6.45) is 0. The molecule has 8 heteroatoms. The zero-order valence-electron chi connectivity index (χ0n) is 14.9. The number of nitro groups is 1. The molecule has 2 aromatic carbocycles. The Balaban J connectivity index is 1.75. The molecular formula is C20H15N3O3S2. The van der Waals surface area contributed by atoms with E-state index in [4.69, 9.17) is 0 Å². The molecule has 0 radical (unpaired) electrons. The average Bonchev–Trinajstić information content (AvgIpc) is 3.33. The van der Waals surface area contributed by atoms with E-state index in [1.54, 1.807) is 4.90 Å². The maximum atomic E-state index is 13.2. The molecule has 2 aromatic heterocycles. The SMILES string of the molecule is Cc1ccc2nc(N(Cc3ccccc3)C(=O)c3ccc([N+](=O)[O-])s3)sc2c1. The molecule has 4 rings (SSSR count). The lowest BCUT2D eigenvalue weighted by molar-refractivity contribution is -0.380. The van der Waals surface area contributed by atoms with Crippen LogP contribution in [0.4, 0.5) is 10.1 Å². The maximum absolute atomic E-state index is 13.2. The highest BCUT2D eigenvalue weighted by Gasteiger charge is 2.25. The summed E-state index contributed by atoms with van der Waals surface area (Å²) >= 11 is 2.32. The number of rotatable bonds is 5. The number of thiophene rings is 1. The van der Waals surface area contributed by atoms with Gasteiger partial charge in [0.25, 0.3) is 5.91 Å². The van der Waals surface area contributed by atoms with Crippen LogP contribution >= 0.6 is 22.7 Å². The molecule has 4 aromatic rings. The number of hydrogen-bond acceptors (Lipinski definition) is 6.